The first kappa shape index (κ1) is 20.4. The van der Waals surface area contributed by atoms with Crippen molar-refractivity contribution in [2.24, 2.45) is 5.92 Å². The van der Waals surface area contributed by atoms with Crippen molar-refractivity contribution in [2.45, 2.75) is 26.2 Å². The first-order chi connectivity index (χ1) is 12.8. The molecule has 2 heteroatoms. The van der Waals surface area contributed by atoms with Crippen LogP contribution >= 0.6 is 8.58 Å². The molecule has 0 radical (unpaired) electrons. The standard InChI is InChI=1S/C16H14P.C9H11.Zr/c1-12-11-13-7-5-6-10-15(13)16(12)17-14-8-3-2-4-9-14;1-2-5-9-7-3-6-8(9)4-1;/h2-11,17H,1H3;1-2,4,6,9H,3,5,7H2;/q2*-1;+2. The third-order valence-electron chi connectivity index (χ3n) is 5.25. The van der Waals surface area contributed by atoms with Crippen LogP contribution in [0.15, 0.2) is 84.5 Å². The van der Waals surface area contributed by atoms with Gasteiger partial charge >= 0.3 is 26.2 Å². The van der Waals surface area contributed by atoms with Crippen LogP contribution in [0.3, 0.4) is 0 Å². The molecule has 2 aliphatic rings. The summed E-state index contributed by atoms with van der Waals surface area (Å²) in [6.45, 7) is 2.21. The quantitative estimate of drug-likeness (QED) is 0.335. The second-order valence-electron chi connectivity index (χ2n) is 7.09. The smallest absolute Gasteiger partial charge is 0.227 e. The molecule has 0 saturated heterocycles. The molecule has 0 spiro atoms. The van der Waals surface area contributed by atoms with Crippen molar-refractivity contribution in [3.63, 3.8) is 0 Å². The fourth-order valence-electron chi connectivity index (χ4n) is 3.86. The Balaban J connectivity index is 0.000000178. The normalized spacial score (nSPS) is 17.7. The molecule has 1 saturated carbocycles. The van der Waals surface area contributed by atoms with Gasteiger partial charge in [0.05, 0.1) is 0 Å². The fourth-order valence-corrected chi connectivity index (χ4v) is 5.14. The molecule has 27 heavy (non-hydrogen) atoms. The van der Waals surface area contributed by atoms with E-state index in [1.165, 1.54) is 46.2 Å². The summed E-state index contributed by atoms with van der Waals surface area (Å²) in [5.41, 5.74) is 2.99. The zero-order valence-electron chi connectivity index (χ0n) is 15.8. The molecule has 0 aromatic heterocycles. The molecule has 0 amide bonds. The maximum atomic E-state index is 2.37. The number of benzene rings is 2. The molecular formula is C25H25PZr. The van der Waals surface area contributed by atoms with E-state index in [9.17, 15) is 0 Å². The fraction of sp³-hybridized carbons (Fsp3) is 0.200. The first-order valence-electron chi connectivity index (χ1n) is 9.48. The number of allylic oxidation sites excluding steroid dienone is 4. The van der Waals surface area contributed by atoms with Crippen molar-refractivity contribution in [3.05, 3.63) is 96.4 Å². The average molecular weight is 448 g/mol. The Morgan fingerprint density at radius 3 is 2.59 bits per heavy atom. The van der Waals surface area contributed by atoms with Crippen LogP contribution in [-0.4, -0.2) is 0 Å². The minimum absolute atomic E-state index is 0. The number of hydrogen-bond donors (Lipinski definition) is 0. The summed E-state index contributed by atoms with van der Waals surface area (Å²) in [6, 6.07) is 21.7. The predicted molar refractivity (Wildman–Crippen MR) is 117 cm³/mol. The van der Waals surface area contributed by atoms with Gasteiger partial charge in [-0.3, -0.25) is 0 Å². The van der Waals surface area contributed by atoms with Crippen LogP contribution in [0, 0.1) is 19.3 Å². The van der Waals surface area contributed by atoms with E-state index in [1.54, 1.807) is 5.57 Å². The van der Waals surface area contributed by atoms with Crippen LogP contribution in [0.1, 0.15) is 24.8 Å². The SMILES string of the molecule is C1=CCC2CC[CH-]C2=C1.Cc1[cH-]c2ccccc2c1Pc1ccccc1.[Zr+2]. The Morgan fingerprint density at radius 2 is 1.78 bits per heavy atom. The van der Waals surface area contributed by atoms with Gasteiger partial charge < -0.3 is 0 Å². The van der Waals surface area contributed by atoms with Gasteiger partial charge in [0.25, 0.3) is 0 Å². The summed E-state index contributed by atoms with van der Waals surface area (Å²) < 4.78 is 0. The summed E-state index contributed by atoms with van der Waals surface area (Å²) in [7, 11) is 0.754. The van der Waals surface area contributed by atoms with Crippen LogP contribution in [0.2, 0.25) is 0 Å². The second kappa shape index (κ2) is 9.77. The van der Waals surface area contributed by atoms with E-state index in [0.29, 0.717) is 0 Å². The van der Waals surface area contributed by atoms with Gasteiger partial charge in [-0.15, -0.1) is 73.1 Å². The van der Waals surface area contributed by atoms with Gasteiger partial charge in [-0.25, -0.2) is 18.1 Å². The molecule has 134 valence electrons. The van der Waals surface area contributed by atoms with Crippen molar-refractivity contribution in [2.75, 3.05) is 0 Å². The summed E-state index contributed by atoms with van der Waals surface area (Å²) in [4.78, 5) is 0. The van der Waals surface area contributed by atoms with Crippen LogP contribution < -0.4 is 10.6 Å². The summed E-state index contributed by atoms with van der Waals surface area (Å²) >= 11 is 0. The van der Waals surface area contributed by atoms with E-state index in [0.717, 1.165) is 14.5 Å². The van der Waals surface area contributed by atoms with Gasteiger partial charge in [-0.2, -0.15) is 0 Å². The van der Waals surface area contributed by atoms with E-state index < -0.39 is 0 Å². The Kier molecular flexibility index (Phi) is 7.40. The largest absolute Gasteiger partial charge is 2.00 e. The van der Waals surface area contributed by atoms with E-state index in [2.05, 4.69) is 92.2 Å². The zero-order valence-corrected chi connectivity index (χ0v) is 19.2. The molecular weight excluding hydrogens is 422 g/mol. The third kappa shape index (κ3) is 4.96. The van der Waals surface area contributed by atoms with Gasteiger partial charge in [0.15, 0.2) is 0 Å². The van der Waals surface area contributed by atoms with Gasteiger partial charge in [0, 0.05) is 0 Å². The van der Waals surface area contributed by atoms with Crippen molar-refractivity contribution in [1.29, 1.82) is 0 Å². The van der Waals surface area contributed by atoms with Crippen LogP contribution in [0.4, 0.5) is 0 Å². The molecule has 3 aromatic carbocycles. The summed E-state index contributed by atoms with van der Waals surface area (Å²) in [6.07, 6.45) is 13.0. The van der Waals surface area contributed by atoms with Crippen molar-refractivity contribution >= 4 is 30.0 Å². The Morgan fingerprint density at radius 1 is 1.00 bits per heavy atom. The Labute approximate surface area is 184 Å². The topological polar surface area (TPSA) is 0 Å². The van der Waals surface area contributed by atoms with Crippen LogP contribution in [-0.2, 0) is 26.2 Å². The zero-order chi connectivity index (χ0) is 17.8. The second-order valence-corrected chi connectivity index (χ2v) is 8.42. The van der Waals surface area contributed by atoms with E-state index >= 15 is 0 Å². The Hall–Kier alpha value is -1.29. The van der Waals surface area contributed by atoms with Crippen molar-refractivity contribution < 1.29 is 26.2 Å². The number of aryl methyl sites for hydroxylation is 1. The van der Waals surface area contributed by atoms with Gasteiger partial charge in [0.2, 0.25) is 0 Å². The predicted octanol–water partition coefficient (Wildman–Crippen LogP) is 5.98. The molecule has 2 aliphatic carbocycles. The minimum atomic E-state index is 0. The third-order valence-corrected chi connectivity index (χ3v) is 6.79. The van der Waals surface area contributed by atoms with E-state index in [1.807, 2.05) is 0 Å². The minimum Gasteiger partial charge on any atom is -0.227 e. The molecule has 0 nitrogen and oxygen atoms in total. The van der Waals surface area contributed by atoms with Crippen molar-refractivity contribution in [1.82, 2.24) is 0 Å². The number of hydrogen-bond acceptors (Lipinski definition) is 0. The summed E-state index contributed by atoms with van der Waals surface area (Å²) in [5, 5.41) is 5.68. The number of rotatable bonds is 2. The first-order valence-corrected chi connectivity index (χ1v) is 10.5. The molecule has 3 aromatic rings. The molecule has 2 atom stereocenters. The Bertz CT molecular complexity index is 933. The summed E-state index contributed by atoms with van der Waals surface area (Å²) in [5.74, 6) is 0.884. The van der Waals surface area contributed by atoms with Crippen LogP contribution in [0.5, 0.6) is 0 Å². The molecule has 0 bridgehead atoms. The van der Waals surface area contributed by atoms with Crippen molar-refractivity contribution in [3.8, 4) is 0 Å². The molecule has 2 unspecified atom stereocenters. The maximum absolute atomic E-state index is 2.37. The van der Waals surface area contributed by atoms with Gasteiger partial charge in [0.1, 0.15) is 0 Å². The van der Waals surface area contributed by atoms with Crippen LogP contribution in [0.25, 0.3) is 10.8 Å². The van der Waals surface area contributed by atoms with E-state index in [-0.39, 0.29) is 26.2 Å². The molecule has 0 heterocycles. The molecule has 0 aliphatic heterocycles. The molecule has 5 rings (SSSR count). The molecule has 0 N–H and O–H groups in total. The van der Waals surface area contributed by atoms with Gasteiger partial charge in [-0.05, 0) is 17.6 Å². The number of fused-ring (bicyclic) bond motifs is 2. The van der Waals surface area contributed by atoms with E-state index in [4.69, 9.17) is 0 Å². The van der Waals surface area contributed by atoms with Gasteiger partial charge in [-0.1, -0.05) is 49.7 Å². The maximum Gasteiger partial charge on any atom is 2.00 e. The molecule has 1 fully saturated rings. The average Bonchev–Trinajstić information content (AvgIpc) is 3.28. The monoisotopic (exact) mass is 446 g/mol.